The summed E-state index contributed by atoms with van der Waals surface area (Å²) in [6.07, 6.45) is 0.302. The molecule has 8 heteroatoms. The lowest BCUT2D eigenvalue weighted by Gasteiger charge is -2.40. The quantitative estimate of drug-likeness (QED) is 0.630. The highest BCUT2D eigenvalue weighted by Gasteiger charge is 2.47. The van der Waals surface area contributed by atoms with E-state index in [1.165, 1.54) is 0 Å². The number of nitrogens with zero attached hydrogens (tertiary/aromatic N) is 3. The second-order valence-electron chi connectivity index (χ2n) is 7.88. The van der Waals surface area contributed by atoms with Gasteiger partial charge in [-0.2, -0.15) is 0 Å². The molecule has 1 N–H and O–H groups in total. The van der Waals surface area contributed by atoms with Crippen molar-refractivity contribution in [2.75, 3.05) is 18.0 Å². The smallest absolute Gasteiger partial charge is 0.260 e. The molecule has 0 saturated carbocycles. The summed E-state index contributed by atoms with van der Waals surface area (Å²) < 4.78 is 0. The standard InChI is InChI=1S/C24H22N4O3S/c1-15-14-32-21(26-15)10-12-25-20(29)11-13-27-22-16-6-2-3-7-17(16)24(31)28(22)19-9-5-4-8-18(19)23(27)30/h2-9,14,22H,10-13H2,1H3,(H,25,29)/t22-/m0/s1. The number of aromatic nitrogens is 1. The number of benzene rings is 2. The second kappa shape index (κ2) is 8.20. The average molecular weight is 447 g/mol. The number of rotatable bonds is 6. The molecule has 7 nitrogen and oxygen atoms in total. The Kier molecular flexibility index (Phi) is 5.22. The highest BCUT2D eigenvalue weighted by molar-refractivity contribution is 7.09. The molecule has 3 amide bonds. The van der Waals surface area contributed by atoms with Crippen molar-refractivity contribution in [1.29, 1.82) is 0 Å². The van der Waals surface area contributed by atoms with E-state index in [0.29, 0.717) is 29.8 Å². The Labute approximate surface area is 189 Å². The van der Waals surface area contributed by atoms with Crippen LogP contribution in [0, 0.1) is 6.92 Å². The van der Waals surface area contributed by atoms with Crippen molar-refractivity contribution in [2.24, 2.45) is 0 Å². The Morgan fingerprint density at radius 1 is 1.06 bits per heavy atom. The van der Waals surface area contributed by atoms with Gasteiger partial charge in [0.25, 0.3) is 11.8 Å². The van der Waals surface area contributed by atoms with Crippen LogP contribution in [-0.2, 0) is 11.2 Å². The van der Waals surface area contributed by atoms with E-state index in [1.807, 2.05) is 36.6 Å². The van der Waals surface area contributed by atoms with Crippen LogP contribution < -0.4 is 10.2 Å². The zero-order valence-electron chi connectivity index (χ0n) is 17.6. The van der Waals surface area contributed by atoms with E-state index in [-0.39, 0.29) is 30.7 Å². The number of carbonyl (C=O) groups is 3. The average Bonchev–Trinajstić information content (AvgIpc) is 3.35. The number of aryl methyl sites for hydroxylation is 1. The van der Waals surface area contributed by atoms with Crippen molar-refractivity contribution in [1.82, 2.24) is 15.2 Å². The third kappa shape index (κ3) is 3.46. The molecule has 0 fully saturated rings. The Balaban J connectivity index is 1.33. The summed E-state index contributed by atoms with van der Waals surface area (Å²) in [5.41, 5.74) is 3.46. The SMILES string of the molecule is Cc1csc(CCNC(=O)CCN2C(=O)c3ccccc3N3C(=O)c4ccccc4[C@@H]23)n1. The summed E-state index contributed by atoms with van der Waals surface area (Å²) in [7, 11) is 0. The van der Waals surface area contributed by atoms with Crippen LogP contribution in [0.25, 0.3) is 0 Å². The maximum Gasteiger partial charge on any atom is 0.260 e. The Morgan fingerprint density at radius 2 is 1.81 bits per heavy atom. The van der Waals surface area contributed by atoms with Gasteiger partial charge < -0.3 is 10.2 Å². The number of carbonyl (C=O) groups excluding carboxylic acids is 3. The Morgan fingerprint density at radius 3 is 2.59 bits per heavy atom. The summed E-state index contributed by atoms with van der Waals surface area (Å²) >= 11 is 1.58. The van der Waals surface area contributed by atoms with Gasteiger partial charge in [0.15, 0.2) is 0 Å². The minimum atomic E-state index is -0.535. The van der Waals surface area contributed by atoms with Gasteiger partial charge in [-0.25, -0.2) is 4.98 Å². The Bertz CT molecular complexity index is 1220. The van der Waals surface area contributed by atoms with Crippen LogP contribution in [0.4, 0.5) is 5.69 Å². The first-order valence-electron chi connectivity index (χ1n) is 10.5. The first kappa shape index (κ1) is 20.4. The van der Waals surface area contributed by atoms with E-state index >= 15 is 0 Å². The molecule has 1 atom stereocenters. The molecular formula is C24H22N4O3S. The van der Waals surface area contributed by atoms with Gasteiger partial charge in [-0.3, -0.25) is 19.3 Å². The van der Waals surface area contributed by atoms with Crippen LogP contribution in [0.15, 0.2) is 53.9 Å². The minimum absolute atomic E-state index is 0.126. The van der Waals surface area contributed by atoms with Crippen LogP contribution in [-0.4, -0.2) is 40.7 Å². The van der Waals surface area contributed by atoms with Crippen LogP contribution in [0.5, 0.6) is 0 Å². The monoisotopic (exact) mass is 446 g/mol. The fraction of sp³-hybridized carbons (Fsp3) is 0.250. The van der Waals surface area contributed by atoms with Gasteiger partial charge in [0.05, 0.1) is 16.3 Å². The molecule has 2 aliphatic heterocycles. The van der Waals surface area contributed by atoms with Gasteiger partial charge in [-0.15, -0.1) is 11.3 Å². The molecule has 0 radical (unpaired) electrons. The van der Waals surface area contributed by atoms with Gasteiger partial charge in [0.1, 0.15) is 6.17 Å². The number of hydrogen-bond donors (Lipinski definition) is 1. The number of amides is 3. The van der Waals surface area contributed by atoms with Gasteiger partial charge in [0, 0.05) is 48.1 Å². The highest BCUT2D eigenvalue weighted by atomic mass is 32.1. The first-order valence-corrected chi connectivity index (χ1v) is 11.4. The van der Waals surface area contributed by atoms with Crippen molar-refractivity contribution in [3.05, 3.63) is 81.3 Å². The molecule has 1 aromatic heterocycles. The molecule has 0 spiro atoms. The van der Waals surface area contributed by atoms with Crippen LogP contribution in [0.2, 0.25) is 0 Å². The fourth-order valence-corrected chi connectivity index (χ4v) is 5.11. The summed E-state index contributed by atoms with van der Waals surface area (Å²) in [4.78, 5) is 46.7. The third-order valence-corrected chi connectivity index (χ3v) is 6.82. The zero-order valence-corrected chi connectivity index (χ0v) is 18.4. The summed E-state index contributed by atoms with van der Waals surface area (Å²) in [6.45, 7) is 2.67. The molecule has 0 saturated heterocycles. The third-order valence-electron chi connectivity index (χ3n) is 5.79. The number of thiazole rings is 1. The molecule has 5 rings (SSSR count). The van der Waals surface area contributed by atoms with E-state index in [9.17, 15) is 14.4 Å². The van der Waals surface area contributed by atoms with Gasteiger partial charge in [0.2, 0.25) is 5.91 Å². The van der Waals surface area contributed by atoms with Gasteiger partial charge >= 0.3 is 0 Å². The zero-order chi connectivity index (χ0) is 22.2. The van der Waals surface area contributed by atoms with Crippen LogP contribution in [0.1, 0.15) is 49.6 Å². The molecule has 0 bridgehead atoms. The molecule has 3 aromatic rings. The van der Waals surface area contributed by atoms with E-state index in [1.54, 1.807) is 45.4 Å². The van der Waals surface area contributed by atoms with E-state index in [4.69, 9.17) is 0 Å². The van der Waals surface area contributed by atoms with Gasteiger partial charge in [-0.05, 0) is 25.1 Å². The van der Waals surface area contributed by atoms with Crippen LogP contribution >= 0.6 is 11.3 Å². The Hall–Kier alpha value is -3.52. The normalized spacial score (nSPS) is 16.6. The molecule has 0 aliphatic carbocycles. The summed E-state index contributed by atoms with van der Waals surface area (Å²) in [5, 5.41) is 5.89. The lowest BCUT2D eigenvalue weighted by molar-refractivity contribution is -0.121. The van der Waals surface area contributed by atoms with Crippen molar-refractivity contribution in [2.45, 2.75) is 25.9 Å². The van der Waals surface area contributed by atoms with Crippen molar-refractivity contribution in [3.8, 4) is 0 Å². The van der Waals surface area contributed by atoms with Crippen molar-refractivity contribution in [3.63, 3.8) is 0 Å². The van der Waals surface area contributed by atoms with E-state index in [2.05, 4.69) is 10.3 Å². The first-order chi connectivity index (χ1) is 15.5. The lowest BCUT2D eigenvalue weighted by atomic mass is 10.0. The predicted molar refractivity (Wildman–Crippen MR) is 122 cm³/mol. The van der Waals surface area contributed by atoms with Crippen LogP contribution in [0.3, 0.4) is 0 Å². The van der Waals surface area contributed by atoms with E-state index in [0.717, 1.165) is 16.3 Å². The molecule has 32 heavy (non-hydrogen) atoms. The molecular weight excluding hydrogens is 424 g/mol. The topological polar surface area (TPSA) is 82.6 Å². The number of para-hydroxylation sites is 1. The van der Waals surface area contributed by atoms with Crippen molar-refractivity contribution >= 4 is 34.7 Å². The largest absolute Gasteiger partial charge is 0.356 e. The summed E-state index contributed by atoms with van der Waals surface area (Å²) in [6, 6.07) is 14.5. The number of fused-ring (bicyclic) bond motifs is 5. The maximum atomic E-state index is 13.3. The van der Waals surface area contributed by atoms with E-state index < -0.39 is 6.17 Å². The lowest BCUT2D eigenvalue weighted by Crippen LogP contribution is -2.49. The van der Waals surface area contributed by atoms with Crippen molar-refractivity contribution < 1.29 is 14.4 Å². The number of anilines is 1. The summed E-state index contributed by atoms with van der Waals surface area (Å²) in [5.74, 6) is -0.426. The predicted octanol–water partition coefficient (Wildman–Crippen LogP) is 3.32. The number of nitrogens with one attached hydrogen (secondary N) is 1. The minimum Gasteiger partial charge on any atom is -0.356 e. The molecule has 3 heterocycles. The highest BCUT2D eigenvalue weighted by Crippen LogP contribution is 2.45. The maximum absolute atomic E-state index is 13.3. The molecule has 162 valence electrons. The molecule has 2 aromatic carbocycles. The fourth-order valence-electron chi connectivity index (χ4n) is 4.34. The molecule has 2 aliphatic rings. The molecule has 0 unspecified atom stereocenters. The number of hydrogen-bond acceptors (Lipinski definition) is 5. The van der Waals surface area contributed by atoms with Gasteiger partial charge in [-0.1, -0.05) is 30.3 Å². The second-order valence-corrected chi connectivity index (χ2v) is 8.83.